The Morgan fingerprint density at radius 1 is 0.784 bits per heavy atom. The summed E-state index contributed by atoms with van der Waals surface area (Å²) in [7, 11) is 2.14. The summed E-state index contributed by atoms with van der Waals surface area (Å²) in [5, 5.41) is 5.77. The van der Waals surface area contributed by atoms with Gasteiger partial charge in [-0.1, -0.05) is 100.0 Å². The molecule has 0 saturated carbocycles. The lowest BCUT2D eigenvalue weighted by Crippen LogP contribution is -2.24. The minimum absolute atomic E-state index is 0.136. The van der Waals surface area contributed by atoms with Gasteiger partial charge in [0.15, 0.2) is 0 Å². The third kappa shape index (κ3) is 3.66. The number of allylic oxidation sites excluding steroid dienone is 6. The summed E-state index contributed by atoms with van der Waals surface area (Å²) >= 11 is 6.74. The number of fused-ring (bicyclic) bond motifs is 6. The quantitative estimate of drug-likeness (QED) is 0.255. The van der Waals surface area contributed by atoms with E-state index in [0.29, 0.717) is 5.03 Å². The van der Waals surface area contributed by atoms with E-state index < -0.39 is 0 Å². The summed E-state index contributed by atoms with van der Waals surface area (Å²) in [6, 6.07) is 25.9. The van der Waals surface area contributed by atoms with Crippen LogP contribution < -0.4 is 4.90 Å². The first-order valence-corrected chi connectivity index (χ1v) is 13.2. The van der Waals surface area contributed by atoms with E-state index in [1.165, 1.54) is 44.1 Å². The van der Waals surface area contributed by atoms with Gasteiger partial charge in [-0.25, -0.2) is 0 Å². The van der Waals surface area contributed by atoms with E-state index in [1.54, 1.807) is 0 Å². The monoisotopic (exact) mass is 502 g/mol. The lowest BCUT2D eigenvalue weighted by Gasteiger charge is -2.24. The third-order valence-corrected chi connectivity index (χ3v) is 8.36. The molecule has 0 fully saturated rings. The molecule has 184 valence electrons. The van der Waals surface area contributed by atoms with Crippen LogP contribution >= 0.6 is 11.6 Å². The second-order valence-electron chi connectivity index (χ2n) is 11.1. The molecule has 0 atom stereocenters. The average molecular weight is 503 g/mol. The summed E-state index contributed by atoms with van der Waals surface area (Å²) in [5.41, 5.74) is 6.87. The van der Waals surface area contributed by atoms with Crippen LogP contribution in [0.5, 0.6) is 0 Å². The lowest BCUT2D eigenvalue weighted by atomic mass is 9.79. The number of hydrogen-bond acceptors (Lipinski definition) is 2. The van der Waals surface area contributed by atoms with Gasteiger partial charge in [0.05, 0.1) is 11.4 Å². The highest BCUT2D eigenvalue weighted by Gasteiger charge is 2.39. The first-order valence-electron chi connectivity index (χ1n) is 12.8. The number of halogens is 1. The molecule has 0 bridgehead atoms. The highest BCUT2D eigenvalue weighted by molar-refractivity contribution is 6.31. The maximum atomic E-state index is 6.74. The van der Waals surface area contributed by atoms with E-state index in [9.17, 15) is 0 Å². The highest BCUT2D eigenvalue weighted by atomic mass is 35.5. The van der Waals surface area contributed by atoms with E-state index in [-0.39, 0.29) is 10.8 Å². The summed E-state index contributed by atoms with van der Waals surface area (Å²) in [4.78, 5) is 7.27. The summed E-state index contributed by atoms with van der Waals surface area (Å²) in [5.74, 6) is 0. The maximum absolute atomic E-state index is 6.74. The Hall–Kier alpha value is -3.62. The van der Waals surface area contributed by atoms with Crippen LogP contribution in [0.2, 0.25) is 0 Å². The molecule has 0 amide bonds. The number of benzene rings is 4. The van der Waals surface area contributed by atoms with Gasteiger partial charge in [0.2, 0.25) is 0 Å². The van der Waals surface area contributed by atoms with Crippen molar-refractivity contribution < 1.29 is 0 Å². The van der Waals surface area contributed by atoms with E-state index in [0.717, 1.165) is 11.4 Å². The molecule has 4 aromatic carbocycles. The molecule has 0 aliphatic carbocycles. The molecule has 0 radical (unpaired) electrons. The van der Waals surface area contributed by atoms with Crippen molar-refractivity contribution in [3.8, 4) is 0 Å². The molecule has 2 aliphatic heterocycles. The van der Waals surface area contributed by atoms with E-state index in [1.807, 2.05) is 12.2 Å². The van der Waals surface area contributed by atoms with Gasteiger partial charge in [-0.2, -0.15) is 0 Å². The second-order valence-corrected chi connectivity index (χ2v) is 11.5. The van der Waals surface area contributed by atoms with Crippen molar-refractivity contribution in [2.45, 2.75) is 38.5 Å². The fourth-order valence-corrected chi connectivity index (χ4v) is 6.35. The van der Waals surface area contributed by atoms with E-state index in [2.05, 4.69) is 125 Å². The number of nitrogens with zero attached hydrogens (tertiary/aromatic N) is 2. The summed E-state index contributed by atoms with van der Waals surface area (Å²) in [6.45, 7) is 9.07. The molecule has 2 nitrogen and oxygen atoms in total. The zero-order valence-corrected chi connectivity index (χ0v) is 22.8. The van der Waals surface area contributed by atoms with Crippen molar-refractivity contribution >= 4 is 50.2 Å². The van der Waals surface area contributed by atoms with Gasteiger partial charge < -0.3 is 4.90 Å². The molecule has 3 heteroatoms. The molecule has 0 saturated heterocycles. The first kappa shape index (κ1) is 23.8. The molecule has 37 heavy (non-hydrogen) atoms. The maximum Gasteiger partial charge on any atom is 0.0681 e. The molecule has 0 spiro atoms. The topological polar surface area (TPSA) is 15.6 Å². The number of hydrogen-bond donors (Lipinski definition) is 0. The Balaban J connectivity index is 1.31. The zero-order valence-electron chi connectivity index (χ0n) is 22.0. The predicted molar refractivity (Wildman–Crippen MR) is 161 cm³/mol. The van der Waals surface area contributed by atoms with Crippen LogP contribution in [0.15, 0.2) is 113 Å². The van der Waals surface area contributed by atoms with E-state index >= 15 is 0 Å². The van der Waals surface area contributed by atoms with Crippen molar-refractivity contribution in [2.24, 2.45) is 4.99 Å². The lowest BCUT2D eigenvalue weighted by molar-refractivity contribution is 0.645. The molecule has 2 heterocycles. The van der Waals surface area contributed by atoms with Crippen LogP contribution in [0.1, 0.15) is 38.8 Å². The van der Waals surface area contributed by atoms with Gasteiger partial charge in [-0.3, -0.25) is 4.99 Å². The van der Waals surface area contributed by atoms with Crippen LogP contribution in [0, 0.1) is 0 Å². The Morgan fingerprint density at radius 2 is 1.41 bits per heavy atom. The SMILES string of the molecule is CN1C(=CC=C(Cl)C=CC2=Nc3ccc4ccccc4c3C2(C)C)C(C)(C)c2c1ccc1ccccc21. The smallest absolute Gasteiger partial charge is 0.0681 e. The molecule has 2 aliphatic rings. The highest BCUT2D eigenvalue weighted by Crippen LogP contribution is 2.50. The van der Waals surface area contributed by atoms with Crippen molar-refractivity contribution in [1.82, 2.24) is 0 Å². The fraction of sp³-hybridized carbons (Fsp3) is 0.206. The van der Waals surface area contributed by atoms with Crippen molar-refractivity contribution in [3.05, 3.63) is 119 Å². The van der Waals surface area contributed by atoms with Gasteiger partial charge in [0, 0.05) is 34.3 Å². The Bertz CT molecular complexity index is 1700. The number of anilines is 1. The van der Waals surface area contributed by atoms with Crippen LogP contribution in [0.4, 0.5) is 11.4 Å². The van der Waals surface area contributed by atoms with Crippen molar-refractivity contribution in [3.63, 3.8) is 0 Å². The fourth-order valence-electron chi connectivity index (χ4n) is 6.22. The minimum atomic E-state index is -0.196. The Labute approximate surface area is 224 Å². The van der Waals surface area contributed by atoms with Gasteiger partial charge in [0.1, 0.15) is 0 Å². The average Bonchev–Trinajstić information content (AvgIpc) is 3.27. The molecule has 0 N–H and O–H groups in total. The van der Waals surface area contributed by atoms with Gasteiger partial charge in [0.25, 0.3) is 0 Å². The zero-order chi connectivity index (χ0) is 25.9. The summed E-state index contributed by atoms with van der Waals surface area (Å²) < 4.78 is 0. The van der Waals surface area contributed by atoms with Crippen LogP contribution in [0.25, 0.3) is 21.5 Å². The minimum Gasteiger partial charge on any atom is -0.347 e. The van der Waals surface area contributed by atoms with Crippen LogP contribution in [-0.4, -0.2) is 12.8 Å². The van der Waals surface area contributed by atoms with Crippen LogP contribution in [0.3, 0.4) is 0 Å². The molecular weight excluding hydrogens is 472 g/mol. The van der Waals surface area contributed by atoms with Gasteiger partial charge in [-0.15, -0.1) is 0 Å². The molecule has 4 aromatic rings. The number of likely N-dealkylation sites (N-methyl/N-ethyl adjacent to an activating group) is 1. The van der Waals surface area contributed by atoms with Crippen molar-refractivity contribution in [1.29, 1.82) is 0 Å². The Morgan fingerprint density at radius 3 is 2.11 bits per heavy atom. The van der Waals surface area contributed by atoms with Gasteiger partial charge in [-0.05, 0) is 69.1 Å². The molecule has 6 rings (SSSR count). The molecular formula is C34H31ClN2. The first-order chi connectivity index (χ1) is 17.7. The van der Waals surface area contributed by atoms with Gasteiger partial charge >= 0.3 is 0 Å². The molecule has 0 unspecified atom stereocenters. The normalized spacial score (nSPS) is 19.2. The predicted octanol–water partition coefficient (Wildman–Crippen LogP) is 9.35. The number of rotatable bonds is 3. The Kier molecular flexibility index (Phi) is 5.43. The standard InChI is InChI=1S/C34H31ClN2/c1-33(2)29(36-27-18-14-22-10-6-8-12-25(22)31(27)33)20-16-24(35)17-21-30-34(3,4)32-26-13-9-7-11-23(26)15-19-28(32)37(30)5/h6-21H,1-5H3. The third-order valence-electron chi connectivity index (χ3n) is 8.11. The van der Waals surface area contributed by atoms with Crippen molar-refractivity contribution in [2.75, 3.05) is 11.9 Å². The number of aliphatic imine (C=N–C) groups is 1. The largest absolute Gasteiger partial charge is 0.347 e. The van der Waals surface area contributed by atoms with Crippen LogP contribution in [-0.2, 0) is 10.8 Å². The second kappa shape index (κ2) is 8.46. The molecule has 0 aromatic heterocycles. The summed E-state index contributed by atoms with van der Waals surface area (Å²) in [6.07, 6.45) is 8.20. The van der Waals surface area contributed by atoms with E-state index in [4.69, 9.17) is 16.6 Å².